The minimum atomic E-state index is 0.194. The molecule has 0 saturated carbocycles. The fourth-order valence-electron chi connectivity index (χ4n) is 1.93. The Labute approximate surface area is 138 Å². The van der Waals surface area contributed by atoms with Gasteiger partial charge in [0.15, 0.2) is 5.96 Å². The van der Waals surface area contributed by atoms with E-state index in [1.54, 1.807) is 12.1 Å². The summed E-state index contributed by atoms with van der Waals surface area (Å²) in [4.78, 5) is 8.45. The van der Waals surface area contributed by atoms with Crippen LogP contribution >= 0.6 is 11.6 Å². The van der Waals surface area contributed by atoms with E-state index < -0.39 is 0 Å². The number of nitrogens with zero attached hydrogens (tertiary/aromatic N) is 3. The number of hydrogen-bond donors (Lipinski definition) is 2. The zero-order valence-corrected chi connectivity index (χ0v) is 12.9. The van der Waals surface area contributed by atoms with Crippen molar-refractivity contribution in [2.75, 3.05) is 5.32 Å². The molecule has 0 amide bonds. The molecule has 0 atom stereocenters. The first-order valence-electron chi connectivity index (χ1n) is 6.91. The molecule has 0 aliphatic heterocycles. The van der Waals surface area contributed by atoms with Crippen molar-refractivity contribution in [1.29, 1.82) is 0 Å². The van der Waals surface area contributed by atoms with Gasteiger partial charge in [-0.15, -0.1) is 0 Å². The van der Waals surface area contributed by atoms with E-state index in [2.05, 4.69) is 20.4 Å². The van der Waals surface area contributed by atoms with Crippen molar-refractivity contribution in [2.24, 2.45) is 10.7 Å². The van der Waals surface area contributed by atoms with E-state index in [0.717, 1.165) is 11.3 Å². The molecule has 0 saturated heterocycles. The van der Waals surface area contributed by atoms with E-state index in [1.807, 2.05) is 42.5 Å². The monoisotopic (exact) mass is 327 g/mol. The van der Waals surface area contributed by atoms with E-state index in [0.29, 0.717) is 16.7 Å². The third kappa shape index (κ3) is 4.08. The highest BCUT2D eigenvalue weighted by Crippen LogP contribution is 2.20. The Kier molecular flexibility index (Phi) is 4.54. The van der Waals surface area contributed by atoms with Gasteiger partial charge in [-0.2, -0.15) is 4.98 Å². The molecule has 0 bridgehead atoms. The van der Waals surface area contributed by atoms with Crippen molar-refractivity contribution in [1.82, 2.24) is 10.1 Å². The summed E-state index contributed by atoms with van der Waals surface area (Å²) in [7, 11) is 0. The van der Waals surface area contributed by atoms with Crippen LogP contribution in [0.25, 0.3) is 11.4 Å². The number of halogens is 1. The molecule has 0 spiro atoms. The van der Waals surface area contributed by atoms with Gasteiger partial charge in [-0.3, -0.25) is 0 Å². The molecule has 3 rings (SSSR count). The number of nitrogens with two attached hydrogens (primary N) is 1. The Morgan fingerprint density at radius 1 is 1.17 bits per heavy atom. The topological polar surface area (TPSA) is 89.3 Å². The standard InChI is InChI=1S/C16H14ClN5O/c17-12-6-4-5-11(9-12)15-21-14(23-22-15)10-19-16(18)20-13-7-2-1-3-8-13/h1-9H,10H2,(H3,18,19,20). The smallest absolute Gasteiger partial charge is 0.248 e. The first-order valence-corrected chi connectivity index (χ1v) is 7.29. The third-order valence-electron chi connectivity index (χ3n) is 2.98. The molecule has 0 aliphatic carbocycles. The molecule has 1 heterocycles. The molecule has 0 aliphatic rings. The maximum atomic E-state index is 5.95. The number of para-hydroxylation sites is 1. The van der Waals surface area contributed by atoms with E-state index in [4.69, 9.17) is 21.9 Å². The summed E-state index contributed by atoms with van der Waals surface area (Å²) in [6.07, 6.45) is 0. The van der Waals surface area contributed by atoms with Crippen LogP contribution in [0.5, 0.6) is 0 Å². The third-order valence-corrected chi connectivity index (χ3v) is 3.22. The van der Waals surface area contributed by atoms with Gasteiger partial charge in [-0.25, -0.2) is 4.99 Å². The van der Waals surface area contributed by atoms with Crippen LogP contribution in [-0.4, -0.2) is 16.1 Å². The molecule has 0 unspecified atom stereocenters. The molecule has 23 heavy (non-hydrogen) atoms. The predicted octanol–water partition coefficient (Wildman–Crippen LogP) is 3.32. The number of hydrogen-bond acceptors (Lipinski definition) is 4. The normalized spacial score (nSPS) is 11.4. The van der Waals surface area contributed by atoms with Crippen LogP contribution in [0.4, 0.5) is 5.69 Å². The lowest BCUT2D eigenvalue weighted by atomic mass is 10.2. The SMILES string of the molecule is NC(=NCc1nc(-c2cccc(Cl)c2)no1)Nc1ccccc1. The highest BCUT2D eigenvalue weighted by molar-refractivity contribution is 6.30. The second-order valence-electron chi connectivity index (χ2n) is 4.71. The summed E-state index contributed by atoms with van der Waals surface area (Å²) >= 11 is 5.95. The number of benzene rings is 2. The van der Waals surface area contributed by atoms with Gasteiger partial charge in [0.2, 0.25) is 11.7 Å². The minimum absolute atomic E-state index is 0.194. The van der Waals surface area contributed by atoms with Gasteiger partial charge in [0, 0.05) is 16.3 Å². The van der Waals surface area contributed by atoms with E-state index in [1.165, 1.54) is 0 Å². The highest BCUT2D eigenvalue weighted by atomic mass is 35.5. The Balaban J connectivity index is 1.66. The largest absolute Gasteiger partial charge is 0.370 e. The fraction of sp³-hybridized carbons (Fsp3) is 0.0625. The summed E-state index contributed by atoms with van der Waals surface area (Å²) in [6.45, 7) is 0.194. The van der Waals surface area contributed by atoms with Crippen LogP contribution in [0.15, 0.2) is 64.1 Å². The molecule has 3 aromatic rings. The van der Waals surface area contributed by atoms with Crippen LogP contribution < -0.4 is 11.1 Å². The number of aromatic nitrogens is 2. The molecule has 0 radical (unpaired) electrons. The number of rotatable bonds is 4. The van der Waals surface area contributed by atoms with Crippen molar-refractivity contribution < 1.29 is 4.52 Å². The Bertz CT molecular complexity index is 816. The van der Waals surface area contributed by atoms with Crippen molar-refractivity contribution in [3.8, 4) is 11.4 Å². The summed E-state index contributed by atoms with van der Waals surface area (Å²) in [5.41, 5.74) is 7.47. The molecular weight excluding hydrogens is 314 g/mol. The lowest BCUT2D eigenvalue weighted by Crippen LogP contribution is -2.22. The first-order chi connectivity index (χ1) is 11.2. The Hall–Kier alpha value is -2.86. The zero-order valence-electron chi connectivity index (χ0n) is 12.1. The number of nitrogens with one attached hydrogen (secondary N) is 1. The van der Waals surface area contributed by atoms with Crippen molar-refractivity contribution >= 4 is 23.2 Å². The molecule has 116 valence electrons. The second kappa shape index (κ2) is 6.93. The number of anilines is 1. The summed E-state index contributed by atoms with van der Waals surface area (Å²) < 4.78 is 5.16. The number of guanidine groups is 1. The maximum absolute atomic E-state index is 5.95. The molecule has 2 aromatic carbocycles. The van der Waals surface area contributed by atoms with E-state index >= 15 is 0 Å². The van der Waals surface area contributed by atoms with Crippen LogP contribution in [0.1, 0.15) is 5.89 Å². The van der Waals surface area contributed by atoms with Crippen molar-refractivity contribution in [3.05, 3.63) is 65.5 Å². The quantitative estimate of drug-likeness (QED) is 0.566. The first kappa shape index (κ1) is 15.1. The molecule has 0 fully saturated rings. The maximum Gasteiger partial charge on any atom is 0.248 e. The summed E-state index contributed by atoms with van der Waals surface area (Å²) in [6, 6.07) is 16.8. The zero-order chi connectivity index (χ0) is 16.1. The van der Waals surface area contributed by atoms with Gasteiger partial charge in [0.25, 0.3) is 0 Å². The van der Waals surface area contributed by atoms with Crippen molar-refractivity contribution in [2.45, 2.75) is 6.54 Å². The summed E-state index contributed by atoms with van der Waals surface area (Å²) in [5.74, 6) is 1.11. The van der Waals surface area contributed by atoms with Gasteiger partial charge in [-0.1, -0.05) is 47.1 Å². The lowest BCUT2D eigenvalue weighted by molar-refractivity contribution is 0.381. The van der Waals surface area contributed by atoms with Gasteiger partial charge < -0.3 is 15.6 Å². The lowest BCUT2D eigenvalue weighted by Gasteiger charge is -2.03. The Morgan fingerprint density at radius 2 is 2.00 bits per heavy atom. The second-order valence-corrected chi connectivity index (χ2v) is 5.15. The molecule has 1 aromatic heterocycles. The fourth-order valence-corrected chi connectivity index (χ4v) is 2.12. The summed E-state index contributed by atoms with van der Waals surface area (Å²) in [5, 5.41) is 7.51. The molecular formula is C16H14ClN5O. The van der Waals surface area contributed by atoms with Gasteiger partial charge >= 0.3 is 0 Å². The molecule has 3 N–H and O–H groups in total. The molecule has 6 nitrogen and oxygen atoms in total. The van der Waals surface area contributed by atoms with Gasteiger partial charge in [0.05, 0.1) is 0 Å². The number of aliphatic imine (C=N–C) groups is 1. The predicted molar refractivity (Wildman–Crippen MR) is 90.1 cm³/mol. The van der Waals surface area contributed by atoms with E-state index in [9.17, 15) is 0 Å². The Morgan fingerprint density at radius 3 is 2.78 bits per heavy atom. The van der Waals surface area contributed by atoms with E-state index in [-0.39, 0.29) is 12.5 Å². The average molecular weight is 328 g/mol. The van der Waals surface area contributed by atoms with Crippen LogP contribution in [0.2, 0.25) is 5.02 Å². The van der Waals surface area contributed by atoms with Crippen LogP contribution in [-0.2, 0) is 6.54 Å². The van der Waals surface area contributed by atoms with Gasteiger partial charge in [0.1, 0.15) is 6.54 Å². The van der Waals surface area contributed by atoms with Crippen molar-refractivity contribution in [3.63, 3.8) is 0 Å². The average Bonchev–Trinajstić information content (AvgIpc) is 3.03. The van der Waals surface area contributed by atoms with Crippen LogP contribution in [0, 0.1) is 0 Å². The molecule has 7 heteroatoms. The van der Waals surface area contributed by atoms with Gasteiger partial charge in [-0.05, 0) is 24.3 Å². The van der Waals surface area contributed by atoms with Crippen LogP contribution in [0.3, 0.4) is 0 Å². The highest BCUT2D eigenvalue weighted by Gasteiger charge is 2.08. The minimum Gasteiger partial charge on any atom is -0.370 e.